The molecule has 2 aromatic rings. The molecule has 0 radical (unpaired) electrons. The average molecular weight is 397 g/mol. The number of carbonyl (C=O) groups is 2. The largest absolute Gasteiger partial charge is 0.497 e. The van der Waals surface area contributed by atoms with Crippen molar-refractivity contribution in [3.8, 4) is 11.5 Å². The predicted octanol–water partition coefficient (Wildman–Crippen LogP) is 2.41. The van der Waals surface area contributed by atoms with Crippen LogP contribution in [-0.2, 0) is 9.59 Å². The molecule has 1 aliphatic heterocycles. The zero-order chi connectivity index (χ0) is 20.8. The van der Waals surface area contributed by atoms with Gasteiger partial charge >= 0.3 is 0 Å². The highest BCUT2D eigenvalue weighted by atomic mass is 16.5. The molecule has 0 aromatic heterocycles. The first-order valence-corrected chi connectivity index (χ1v) is 9.61. The Balaban J connectivity index is 1.62. The average Bonchev–Trinajstić information content (AvgIpc) is 2.77. The van der Waals surface area contributed by atoms with Crippen LogP contribution in [0, 0.1) is 0 Å². The Kier molecular flexibility index (Phi) is 6.59. The van der Waals surface area contributed by atoms with Crippen molar-refractivity contribution < 1.29 is 19.1 Å². The van der Waals surface area contributed by atoms with Crippen LogP contribution >= 0.6 is 0 Å². The molecule has 0 atom stereocenters. The Labute approximate surface area is 171 Å². The third-order valence-corrected chi connectivity index (χ3v) is 5.12. The summed E-state index contributed by atoms with van der Waals surface area (Å²) >= 11 is 0. The van der Waals surface area contributed by atoms with Crippen molar-refractivity contribution in [1.29, 1.82) is 0 Å². The summed E-state index contributed by atoms with van der Waals surface area (Å²) < 4.78 is 10.6. The number of ether oxygens (including phenoxy) is 2. The van der Waals surface area contributed by atoms with Crippen LogP contribution in [-0.4, -0.2) is 63.7 Å². The smallest absolute Gasteiger partial charge is 0.242 e. The number of anilines is 2. The number of hydrogen-bond acceptors (Lipinski definition) is 5. The number of amides is 2. The number of rotatable bonds is 6. The molecule has 0 aliphatic carbocycles. The van der Waals surface area contributed by atoms with E-state index in [-0.39, 0.29) is 18.4 Å². The van der Waals surface area contributed by atoms with E-state index in [4.69, 9.17) is 9.47 Å². The minimum atomic E-state index is -0.170. The van der Waals surface area contributed by atoms with Crippen LogP contribution in [0.5, 0.6) is 11.5 Å². The van der Waals surface area contributed by atoms with Gasteiger partial charge < -0.3 is 24.2 Å². The third-order valence-electron chi connectivity index (χ3n) is 5.12. The summed E-state index contributed by atoms with van der Waals surface area (Å²) in [6.07, 6.45) is 0. The lowest BCUT2D eigenvalue weighted by molar-refractivity contribution is -0.131. The maximum absolute atomic E-state index is 12.8. The Hall–Kier alpha value is -3.22. The second kappa shape index (κ2) is 9.32. The van der Waals surface area contributed by atoms with Gasteiger partial charge in [-0.05, 0) is 36.4 Å². The van der Waals surface area contributed by atoms with E-state index >= 15 is 0 Å². The number of carbonyl (C=O) groups excluding carboxylic acids is 2. The minimum Gasteiger partial charge on any atom is -0.497 e. The molecule has 0 saturated carbocycles. The first-order chi connectivity index (χ1) is 14.0. The molecule has 154 valence electrons. The molecule has 0 bridgehead atoms. The molecule has 1 aliphatic rings. The Morgan fingerprint density at radius 2 is 1.59 bits per heavy atom. The fourth-order valence-electron chi connectivity index (χ4n) is 3.47. The summed E-state index contributed by atoms with van der Waals surface area (Å²) in [6, 6.07) is 15.0. The van der Waals surface area contributed by atoms with Gasteiger partial charge in [-0.25, -0.2) is 0 Å². The van der Waals surface area contributed by atoms with Crippen molar-refractivity contribution in [3.63, 3.8) is 0 Å². The summed E-state index contributed by atoms with van der Waals surface area (Å²) in [5, 5.41) is 0. The van der Waals surface area contributed by atoms with Gasteiger partial charge in [0.05, 0.1) is 19.9 Å². The van der Waals surface area contributed by atoms with Gasteiger partial charge in [-0.2, -0.15) is 0 Å². The lowest BCUT2D eigenvalue weighted by atomic mass is 10.2. The number of methoxy groups -OCH3 is 2. The number of hydrogen-bond donors (Lipinski definition) is 0. The van der Waals surface area contributed by atoms with Gasteiger partial charge in [0.15, 0.2) is 0 Å². The minimum absolute atomic E-state index is 0.0241. The molecule has 2 amide bonds. The molecule has 1 fully saturated rings. The first-order valence-electron chi connectivity index (χ1n) is 9.61. The zero-order valence-electron chi connectivity index (χ0n) is 17.1. The van der Waals surface area contributed by atoms with E-state index < -0.39 is 0 Å². The lowest BCUT2D eigenvalue weighted by Crippen LogP contribution is -2.51. The van der Waals surface area contributed by atoms with Crippen molar-refractivity contribution in [2.75, 3.05) is 56.7 Å². The molecule has 0 N–H and O–H groups in total. The van der Waals surface area contributed by atoms with Crippen LogP contribution < -0.4 is 19.3 Å². The Morgan fingerprint density at radius 1 is 0.931 bits per heavy atom. The van der Waals surface area contributed by atoms with Crippen molar-refractivity contribution in [2.24, 2.45) is 0 Å². The fourth-order valence-corrected chi connectivity index (χ4v) is 3.47. The van der Waals surface area contributed by atoms with Gasteiger partial charge in [0.2, 0.25) is 11.8 Å². The molecular formula is C22H27N3O4. The number of para-hydroxylation sites is 2. The summed E-state index contributed by atoms with van der Waals surface area (Å²) in [5.41, 5.74) is 1.71. The standard InChI is InChI=1S/C22H27N3O4/c1-17(26)25(18-8-10-19(28-2)11-9-18)16-22(27)24-14-12-23(13-15-24)20-6-4-5-7-21(20)29-3/h4-11H,12-16H2,1-3H3. The van der Waals surface area contributed by atoms with Gasteiger partial charge in [0, 0.05) is 38.8 Å². The second-order valence-electron chi connectivity index (χ2n) is 6.84. The zero-order valence-corrected chi connectivity index (χ0v) is 17.1. The Morgan fingerprint density at radius 3 is 2.17 bits per heavy atom. The van der Waals surface area contributed by atoms with E-state index in [9.17, 15) is 9.59 Å². The molecule has 2 aromatic carbocycles. The third kappa shape index (κ3) is 4.80. The van der Waals surface area contributed by atoms with Crippen molar-refractivity contribution in [3.05, 3.63) is 48.5 Å². The molecule has 0 spiro atoms. The number of nitrogens with zero attached hydrogens (tertiary/aromatic N) is 3. The molecular weight excluding hydrogens is 370 g/mol. The van der Waals surface area contributed by atoms with E-state index in [1.165, 1.54) is 11.8 Å². The normalized spacial score (nSPS) is 13.8. The van der Waals surface area contributed by atoms with Crippen LogP contribution in [0.25, 0.3) is 0 Å². The maximum atomic E-state index is 12.8. The van der Waals surface area contributed by atoms with Crippen LogP contribution in [0.1, 0.15) is 6.92 Å². The van der Waals surface area contributed by atoms with E-state index in [0.29, 0.717) is 37.6 Å². The van der Waals surface area contributed by atoms with Crippen molar-refractivity contribution in [1.82, 2.24) is 4.90 Å². The molecule has 29 heavy (non-hydrogen) atoms. The topological polar surface area (TPSA) is 62.3 Å². The van der Waals surface area contributed by atoms with Gasteiger partial charge in [0.1, 0.15) is 18.0 Å². The van der Waals surface area contributed by atoms with Gasteiger partial charge in [-0.15, -0.1) is 0 Å². The van der Waals surface area contributed by atoms with Crippen molar-refractivity contribution >= 4 is 23.2 Å². The SMILES string of the molecule is COc1ccc(N(CC(=O)N2CCN(c3ccccc3OC)CC2)C(C)=O)cc1. The number of benzene rings is 2. The molecule has 3 rings (SSSR count). The van der Waals surface area contributed by atoms with Crippen LogP contribution in [0.2, 0.25) is 0 Å². The second-order valence-corrected chi connectivity index (χ2v) is 6.84. The molecule has 0 unspecified atom stereocenters. The van der Waals surface area contributed by atoms with E-state index in [1.807, 2.05) is 29.2 Å². The molecule has 7 nitrogen and oxygen atoms in total. The van der Waals surface area contributed by atoms with Crippen LogP contribution in [0.4, 0.5) is 11.4 Å². The lowest BCUT2D eigenvalue weighted by Gasteiger charge is -2.37. The van der Waals surface area contributed by atoms with Gasteiger partial charge in [-0.3, -0.25) is 9.59 Å². The van der Waals surface area contributed by atoms with Gasteiger partial charge in [0.25, 0.3) is 0 Å². The molecule has 1 saturated heterocycles. The van der Waals surface area contributed by atoms with E-state index in [1.54, 1.807) is 38.5 Å². The summed E-state index contributed by atoms with van der Waals surface area (Å²) in [4.78, 5) is 30.5. The molecule has 1 heterocycles. The van der Waals surface area contributed by atoms with E-state index in [2.05, 4.69) is 4.90 Å². The van der Waals surface area contributed by atoms with Crippen LogP contribution in [0.15, 0.2) is 48.5 Å². The fraction of sp³-hybridized carbons (Fsp3) is 0.364. The monoisotopic (exact) mass is 397 g/mol. The maximum Gasteiger partial charge on any atom is 0.242 e. The highest BCUT2D eigenvalue weighted by molar-refractivity contribution is 5.97. The number of piperazine rings is 1. The van der Waals surface area contributed by atoms with Crippen molar-refractivity contribution in [2.45, 2.75) is 6.92 Å². The highest BCUT2D eigenvalue weighted by Crippen LogP contribution is 2.28. The van der Waals surface area contributed by atoms with E-state index in [0.717, 1.165) is 11.4 Å². The summed E-state index contributed by atoms with van der Waals surface area (Å²) in [6.45, 7) is 4.13. The quantitative estimate of drug-likeness (QED) is 0.749. The summed E-state index contributed by atoms with van der Waals surface area (Å²) in [5.74, 6) is 1.30. The van der Waals surface area contributed by atoms with Gasteiger partial charge in [-0.1, -0.05) is 12.1 Å². The van der Waals surface area contributed by atoms with Crippen LogP contribution in [0.3, 0.4) is 0 Å². The first kappa shape index (κ1) is 20.5. The molecule has 7 heteroatoms. The predicted molar refractivity (Wildman–Crippen MR) is 113 cm³/mol. The summed E-state index contributed by atoms with van der Waals surface area (Å²) in [7, 11) is 3.25. The highest BCUT2D eigenvalue weighted by Gasteiger charge is 2.25. The Bertz CT molecular complexity index is 845.